The van der Waals surface area contributed by atoms with Gasteiger partial charge in [-0.1, -0.05) is 35.6 Å². The SMILES string of the molecule is Cc1ccc2nc(N=Nc3c(C)[nH]n(-c4ccccc4)c3=O)sc2c1. The van der Waals surface area contributed by atoms with Crippen molar-refractivity contribution in [3.05, 3.63) is 70.1 Å². The van der Waals surface area contributed by atoms with Crippen molar-refractivity contribution in [1.29, 1.82) is 0 Å². The number of nitrogens with one attached hydrogen (secondary N) is 1. The van der Waals surface area contributed by atoms with E-state index in [1.54, 1.807) is 6.92 Å². The predicted molar refractivity (Wildman–Crippen MR) is 99.7 cm³/mol. The van der Waals surface area contributed by atoms with Crippen molar-refractivity contribution in [2.24, 2.45) is 10.2 Å². The van der Waals surface area contributed by atoms with Crippen LogP contribution in [0.2, 0.25) is 0 Å². The number of para-hydroxylation sites is 1. The third-order valence-corrected chi connectivity index (χ3v) is 4.73. The number of nitrogens with zero attached hydrogens (tertiary/aromatic N) is 4. The monoisotopic (exact) mass is 349 g/mol. The highest BCUT2D eigenvalue weighted by atomic mass is 32.1. The van der Waals surface area contributed by atoms with Crippen LogP contribution in [0, 0.1) is 13.8 Å². The van der Waals surface area contributed by atoms with Crippen molar-refractivity contribution in [2.45, 2.75) is 13.8 Å². The summed E-state index contributed by atoms with van der Waals surface area (Å²) in [5.41, 5.74) is 3.54. The number of aryl methyl sites for hydroxylation is 2. The first-order chi connectivity index (χ1) is 12.1. The van der Waals surface area contributed by atoms with Gasteiger partial charge in [-0.05, 0) is 43.7 Å². The zero-order valence-electron chi connectivity index (χ0n) is 13.7. The number of hydrogen-bond donors (Lipinski definition) is 1. The van der Waals surface area contributed by atoms with Gasteiger partial charge in [-0.3, -0.25) is 9.89 Å². The second kappa shape index (κ2) is 6.10. The molecule has 4 aromatic rings. The van der Waals surface area contributed by atoms with E-state index in [4.69, 9.17) is 0 Å². The molecule has 25 heavy (non-hydrogen) atoms. The van der Waals surface area contributed by atoms with Crippen LogP contribution in [0.3, 0.4) is 0 Å². The second-order valence-electron chi connectivity index (χ2n) is 5.73. The van der Waals surface area contributed by atoms with Gasteiger partial charge in [-0.2, -0.15) is 0 Å². The molecule has 6 nitrogen and oxygen atoms in total. The van der Waals surface area contributed by atoms with Crippen LogP contribution in [0.4, 0.5) is 10.8 Å². The Kier molecular flexibility index (Phi) is 3.77. The molecule has 7 heteroatoms. The van der Waals surface area contributed by atoms with Gasteiger partial charge in [0.1, 0.15) is 0 Å². The number of fused-ring (bicyclic) bond motifs is 1. The molecule has 2 heterocycles. The first-order valence-corrected chi connectivity index (χ1v) is 8.59. The lowest BCUT2D eigenvalue weighted by Gasteiger charge is -1.99. The van der Waals surface area contributed by atoms with Gasteiger partial charge in [0.2, 0.25) is 5.13 Å². The van der Waals surface area contributed by atoms with Crippen molar-refractivity contribution in [3.8, 4) is 5.69 Å². The molecule has 1 N–H and O–H groups in total. The lowest BCUT2D eigenvalue weighted by atomic mass is 10.2. The topological polar surface area (TPSA) is 75.4 Å². The number of rotatable bonds is 3. The van der Waals surface area contributed by atoms with Crippen molar-refractivity contribution >= 4 is 32.4 Å². The lowest BCUT2D eigenvalue weighted by molar-refractivity contribution is 0.835. The molecule has 0 aliphatic carbocycles. The Labute approximate surface area is 147 Å². The molecule has 0 bridgehead atoms. The van der Waals surface area contributed by atoms with E-state index in [2.05, 4.69) is 26.4 Å². The van der Waals surface area contributed by atoms with E-state index < -0.39 is 0 Å². The molecule has 0 saturated heterocycles. The quantitative estimate of drug-likeness (QED) is 0.539. The zero-order chi connectivity index (χ0) is 17.4. The van der Waals surface area contributed by atoms with Crippen LogP contribution in [-0.2, 0) is 0 Å². The Hall–Kier alpha value is -3.06. The summed E-state index contributed by atoms with van der Waals surface area (Å²) >= 11 is 1.46. The molecule has 0 aliphatic heterocycles. The number of aromatic nitrogens is 3. The number of benzene rings is 2. The smallest absolute Gasteiger partial charge is 0.293 e. The maximum Gasteiger partial charge on any atom is 0.299 e. The number of hydrogen-bond acceptors (Lipinski definition) is 5. The normalized spacial score (nSPS) is 11.6. The standard InChI is InChI=1S/C18H15N5OS/c1-11-8-9-14-15(10-11)25-18(19-14)21-20-16-12(2)22-23(17(16)24)13-6-4-3-5-7-13/h3-10,22H,1-2H3. The zero-order valence-corrected chi connectivity index (χ0v) is 14.5. The molecule has 0 atom stereocenters. The van der Waals surface area contributed by atoms with Crippen LogP contribution in [0.15, 0.2) is 63.6 Å². The summed E-state index contributed by atoms with van der Waals surface area (Å²) in [4.78, 5) is 17.0. The molecular weight excluding hydrogens is 334 g/mol. The number of H-pyrrole nitrogens is 1. The Morgan fingerprint density at radius 3 is 2.68 bits per heavy atom. The summed E-state index contributed by atoms with van der Waals surface area (Å²) in [6, 6.07) is 15.4. The molecule has 0 saturated carbocycles. The van der Waals surface area contributed by atoms with Gasteiger partial charge < -0.3 is 0 Å². The summed E-state index contributed by atoms with van der Waals surface area (Å²) in [5.74, 6) is 0. The molecule has 2 aromatic carbocycles. The number of azo groups is 1. The predicted octanol–water partition coefficient (Wildman–Crippen LogP) is 4.81. The van der Waals surface area contributed by atoms with Gasteiger partial charge in [-0.15, -0.1) is 10.2 Å². The first kappa shape index (κ1) is 15.5. The third-order valence-electron chi connectivity index (χ3n) is 3.82. The third kappa shape index (κ3) is 2.89. The molecule has 124 valence electrons. The van der Waals surface area contributed by atoms with Crippen molar-refractivity contribution in [2.75, 3.05) is 0 Å². The molecule has 0 amide bonds. The maximum atomic E-state index is 12.6. The molecule has 4 rings (SSSR count). The van der Waals surface area contributed by atoms with E-state index in [9.17, 15) is 4.79 Å². The van der Waals surface area contributed by atoms with Crippen LogP contribution < -0.4 is 5.56 Å². The number of aromatic amines is 1. The van der Waals surface area contributed by atoms with E-state index in [-0.39, 0.29) is 5.56 Å². The van der Waals surface area contributed by atoms with E-state index in [1.165, 1.54) is 21.6 Å². The van der Waals surface area contributed by atoms with Gasteiger partial charge in [-0.25, -0.2) is 9.67 Å². The minimum Gasteiger partial charge on any atom is -0.293 e. The summed E-state index contributed by atoms with van der Waals surface area (Å²) in [7, 11) is 0. The summed E-state index contributed by atoms with van der Waals surface area (Å²) in [6.45, 7) is 3.84. The molecule has 0 spiro atoms. The van der Waals surface area contributed by atoms with Crippen LogP contribution in [0.1, 0.15) is 11.3 Å². The minimum absolute atomic E-state index is 0.232. The summed E-state index contributed by atoms with van der Waals surface area (Å²) < 4.78 is 2.52. The fourth-order valence-corrected chi connectivity index (χ4v) is 3.46. The highest BCUT2D eigenvalue weighted by molar-refractivity contribution is 7.21. The first-order valence-electron chi connectivity index (χ1n) is 7.78. The van der Waals surface area contributed by atoms with Crippen LogP contribution in [0.25, 0.3) is 15.9 Å². The largest absolute Gasteiger partial charge is 0.299 e. The van der Waals surface area contributed by atoms with Gasteiger partial charge in [0.15, 0.2) is 5.69 Å². The molecule has 2 aromatic heterocycles. The highest BCUT2D eigenvalue weighted by Gasteiger charge is 2.12. The molecule has 0 unspecified atom stereocenters. The van der Waals surface area contributed by atoms with Gasteiger partial charge in [0, 0.05) is 0 Å². The van der Waals surface area contributed by atoms with Crippen molar-refractivity contribution in [1.82, 2.24) is 14.8 Å². The minimum atomic E-state index is -0.232. The van der Waals surface area contributed by atoms with Crippen LogP contribution >= 0.6 is 11.3 Å². The second-order valence-corrected chi connectivity index (χ2v) is 6.74. The van der Waals surface area contributed by atoms with E-state index in [0.717, 1.165) is 15.9 Å². The van der Waals surface area contributed by atoms with E-state index in [1.807, 2.05) is 49.4 Å². The van der Waals surface area contributed by atoms with Gasteiger partial charge in [0.05, 0.1) is 21.6 Å². The molecule has 0 fully saturated rings. The summed E-state index contributed by atoms with van der Waals surface area (Å²) in [5, 5.41) is 11.9. The fourth-order valence-electron chi connectivity index (χ4n) is 2.57. The fraction of sp³-hybridized carbons (Fsp3) is 0.111. The highest BCUT2D eigenvalue weighted by Crippen LogP contribution is 2.29. The number of thiazole rings is 1. The molecular formula is C18H15N5OS. The molecule has 0 aliphatic rings. The van der Waals surface area contributed by atoms with Crippen LogP contribution in [0.5, 0.6) is 0 Å². The average Bonchev–Trinajstić information content (AvgIpc) is 3.14. The maximum absolute atomic E-state index is 12.6. The average molecular weight is 349 g/mol. The molecule has 0 radical (unpaired) electrons. The van der Waals surface area contributed by atoms with Gasteiger partial charge >= 0.3 is 0 Å². The van der Waals surface area contributed by atoms with E-state index in [0.29, 0.717) is 16.5 Å². The Balaban J connectivity index is 1.71. The Bertz CT molecular complexity index is 1140. The Morgan fingerprint density at radius 2 is 1.88 bits per heavy atom. The Morgan fingerprint density at radius 1 is 1.08 bits per heavy atom. The van der Waals surface area contributed by atoms with Crippen molar-refractivity contribution < 1.29 is 0 Å². The summed E-state index contributed by atoms with van der Waals surface area (Å²) in [6.07, 6.45) is 0. The lowest BCUT2D eigenvalue weighted by Crippen LogP contribution is -2.13. The van der Waals surface area contributed by atoms with E-state index >= 15 is 0 Å². The van der Waals surface area contributed by atoms with Crippen molar-refractivity contribution in [3.63, 3.8) is 0 Å². The van der Waals surface area contributed by atoms with Crippen LogP contribution in [-0.4, -0.2) is 14.8 Å². The van der Waals surface area contributed by atoms with Gasteiger partial charge in [0.25, 0.3) is 5.56 Å².